The van der Waals surface area contributed by atoms with Crippen LogP contribution in [0.15, 0.2) is 30.6 Å². The van der Waals surface area contributed by atoms with E-state index < -0.39 is 0 Å². The van der Waals surface area contributed by atoms with Gasteiger partial charge in [-0.05, 0) is 51.7 Å². The molecule has 1 aromatic carbocycles. The molecule has 0 amide bonds. The number of ether oxygens (including phenoxy) is 2. The Kier molecular flexibility index (Phi) is 5.03. The molecule has 2 N–H and O–H groups in total. The van der Waals surface area contributed by atoms with Crippen LogP contribution in [0.2, 0.25) is 0 Å². The van der Waals surface area contributed by atoms with Gasteiger partial charge in [0.25, 0.3) is 11.8 Å². The normalized spacial score (nSPS) is 27.0. The smallest absolute Gasteiger partial charge is 0.278 e. The molecule has 2 fully saturated rings. The molecule has 2 saturated heterocycles. The number of phenolic OH excluding ortho intramolecular Hbond substituents is 1. The zero-order valence-electron chi connectivity index (χ0n) is 20.2. The number of nitrogens with one attached hydrogen (secondary N) is 1. The first-order valence-corrected chi connectivity index (χ1v) is 12.0. The van der Waals surface area contributed by atoms with Gasteiger partial charge >= 0.3 is 0 Å². The van der Waals surface area contributed by atoms with Crippen LogP contribution in [0.5, 0.6) is 17.5 Å². The number of benzene rings is 1. The van der Waals surface area contributed by atoms with Crippen LogP contribution in [0.3, 0.4) is 0 Å². The molecular weight excluding hydrogens is 446 g/mol. The van der Waals surface area contributed by atoms with Gasteiger partial charge in [-0.25, -0.2) is 15.0 Å². The molecule has 2 aromatic heterocycles. The van der Waals surface area contributed by atoms with E-state index in [1.165, 1.54) is 12.8 Å². The summed E-state index contributed by atoms with van der Waals surface area (Å²) in [4.78, 5) is 15.4. The SMILES string of the molecule is CN(c1cnc(-c2ccc(-c3cnc4c(n3)OCCO4)cc2O)nn1)C1C[C@]2(C)CC[C@](C)(C1)N2. The fraction of sp³-hybridized carbons (Fsp3) is 0.480. The molecule has 0 radical (unpaired) electrons. The molecule has 2 bridgehead atoms. The molecular formula is C25H29N7O3. The molecule has 0 saturated carbocycles. The summed E-state index contributed by atoms with van der Waals surface area (Å²) < 4.78 is 10.9. The molecule has 0 spiro atoms. The number of hydrogen-bond acceptors (Lipinski definition) is 10. The monoisotopic (exact) mass is 475 g/mol. The van der Waals surface area contributed by atoms with E-state index >= 15 is 0 Å². The van der Waals surface area contributed by atoms with E-state index in [0.717, 1.165) is 18.7 Å². The summed E-state index contributed by atoms with van der Waals surface area (Å²) in [5, 5.41) is 23.3. The third-order valence-corrected chi connectivity index (χ3v) is 7.47. The molecule has 0 aliphatic carbocycles. The topological polar surface area (TPSA) is 118 Å². The van der Waals surface area contributed by atoms with Crippen molar-refractivity contribution in [3.63, 3.8) is 0 Å². The number of piperidine rings is 1. The maximum Gasteiger partial charge on any atom is 0.278 e. The van der Waals surface area contributed by atoms with E-state index in [4.69, 9.17) is 9.47 Å². The van der Waals surface area contributed by atoms with Crippen LogP contribution < -0.4 is 19.7 Å². The predicted octanol–water partition coefficient (Wildman–Crippen LogP) is 2.97. The molecule has 3 aromatic rings. The zero-order chi connectivity index (χ0) is 24.2. The third kappa shape index (κ3) is 4.01. The molecule has 5 heterocycles. The van der Waals surface area contributed by atoms with Crippen LogP contribution in [0, 0.1) is 0 Å². The lowest BCUT2D eigenvalue weighted by molar-refractivity contribution is 0.157. The van der Waals surface area contributed by atoms with Crippen molar-refractivity contribution in [2.75, 3.05) is 25.2 Å². The number of rotatable bonds is 4. The van der Waals surface area contributed by atoms with Crippen molar-refractivity contribution >= 4 is 5.82 Å². The minimum atomic E-state index is 0.0397. The van der Waals surface area contributed by atoms with Gasteiger partial charge in [-0.2, -0.15) is 0 Å². The lowest BCUT2D eigenvalue weighted by Crippen LogP contribution is -2.58. The second-order valence-electron chi connectivity index (χ2n) is 10.4. The Morgan fingerprint density at radius 2 is 1.74 bits per heavy atom. The molecule has 3 aliphatic rings. The van der Waals surface area contributed by atoms with E-state index in [9.17, 15) is 5.11 Å². The van der Waals surface area contributed by atoms with Gasteiger partial charge in [-0.1, -0.05) is 6.07 Å². The Hall–Kier alpha value is -3.53. The highest BCUT2D eigenvalue weighted by Gasteiger charge is 2.49. The molecule has 35 heavy (non-hydrogen) atoms. The van der Waals surface area contributed by atoms with Crippen LogP contribution >= 0.6 is 0 Å². The standard InChI is InChI=1S/C25H29N7O3/c1-24-6-7-25(2,31-24)12-16(11-24)32(3)20-14-26-21(30-29-20)17-5-4-15(10-19(17)33)18-13-27-22-23(28-18)35-9-8-34-22/h4-5,10,13-14,16,31,33H,6-9,11-12H2,1-3H3/t16?,24-,25+. The van der Waals surface area contributed by atoms with Gasteiger partial charge in [0.2, 0.25) is 0 Å². The Balaban J connectivity index is 1.21. The summed E-state index contributed by atoms with van der Waals surface area (Å²) in [7, 11) is 2.06. The van der Waals surface area contributed by atoms with Gasteiger partial charge in [-0.15, -0.1) is 10.2 Å². The molecule has 6 rings (SSSR count). The van der Waals surface area contributed by atoms with Crippen molar-refractivity contribution in [3.8, 4) is 40.2 Å². The summed E-state index contributed by atoms with van der Waals surface area (Å²) in [6, 6.07) is 5.58. The van der Waals surface area contributed by atoms with E-state index in [1.807, 2.05) is 6.07 Å². The maximum absolute atomic E-state index is 10.7. The van der Waals surface area contributed by atoms with Gasteiger partial charge in [0.05, 0.1) is 23.7 Å². The zero-order valence-corrected chi connectivity index (χ0v) is 20.2. The van der Waals surface area contributed by atoms with Crippen molar-refractivity contribution in [2.45, 2.75) is 56.7 Å². The van der Waals surface area contributed by atoms with Gasteiger partial charge in [0, 0.05) is 29.7 Å². The first kappa shape index (κ1) is 22.0. The molecule has 10 nitrogen and oxygen atoms in total. The Morgan fingerprint density at radius 1 is 1.00 bits per heavy atom. The van der Waals surface area contributed by atoms with Gasteiger partial charge in [-0.3, -0.25) is 0 Å². The second kappa shape index (κ2) is 8.01. The first-order valence-electron chi connectivity index (χ1n) is 12.0. The Morgan fingerprint density at radius 3 is 2.43 bits per heavy atom. The number of anilines is 1. The summed E-state index contributed by atoms with van der Waals surface area (Å²) in [6.45, 7) is 5.51. The highest BCUT2D eigenvalue weighted by atomic mass is 16.6. The fourth-order valence-electron chi connectivity index (χ4n) is 5.69. The second-order valence-corrected chi connectivity index (χ2v) is 10.4. The van der Waals surface area contributed by atoms with Crippen LogP contribution in [0.4, 0.5) is 5.82 Å². The van der Waals surface area contributed by atoms with Gasteiger partial charge < -0.3 is 24.8 Å². The largest absolute Gasteiger partial charge is 0.507 e. The molecule has 182 valence electrons. The van der Waals surface area contributed by atoms with Crippen molar-refractivity contribution < 1.29 is 14.6 Å². The minimum Gasteiger partial charge on any atom is -0.507 e. The molecule has 1 unspecified atom stereocenters. The van der Waals surface area contributed by atoms with Crippen molar-refractivity contribution in [2.24, 2.45) is 0 Å². The lowest BCUT2D eigenvalue weighted by atomic mass is 9.84. The van der Waals surface area contributed by atoms with Gasteiger partial charge in [0.15, 0.2) is 11.6 Å². The minimum absolute atomic E-state index is 0.0397. The third-order valence-electron chi connectivity index (χ3n) is 7.47. The summed E-state index contributed by atoms with van der Waals surface area (Å²) >= 11 is 0. The maximum atomic E-state index is 10.7. The summed E-state index contributed by atoms with van der Waals surface area (Å²) in [5.41, 5.74) is 2.11. The van der Waals surface area contributed by atoms with E-state index in [1.54, 1.807) is 24.5 Å². The lowest BCUT2D eigenvalue weighted by Gasteiger charge is -2.45. The Labute approximate surface area is 203 Å². The van der Waals surface area contributed by atoms with E-state index in [2.05, 4.69) is 56.3 Å². The number of fused-ring (bicyclic) bond motifs is 3. The number of aromatic nitrogens is 5. The van der Waals surface area contributed by atoms with Crippen LogP contribution in [-0.2, 0) is 0 Å². The van der Waals surface area contributed by atoms with Crippen LogP contribution in [0.1, 0.15) is 39.5 Å². The number of aromatic hydroxyl groups is 1. The predicted molar refractivity (Wildman–Crippen MR) is 130 cm³/mol. The van der Waals surface area contributed by atoms with Crippen LogP contribution in [0.25, 0.3) is 22.6 Å². The summed E-state index contributed by atoms with van der Waals surface area (Å²) in [6.07, 6.45) is 7.85. The van der Waals surface area contributed by atoms with Crippen molar-refractivity contribution in [1.29, 1.82) is 0 Å². The number of hydrogen-bond donors (Lipinski definition) is 2. The average Bonchev–Trinajstić information content (AvgIpc) is 3.09. The first-order chi connectivity index (χ1) is 16.8. The van der Waals surface area contributed by atoms with E-state index in [0.29, 0.717) is 53.7 Å². The quantitative estimate of drug-likeness (QED) is 0.583. The highest BCUT2D eigenvalue weighted by Crippen LogP contribution is 2.43. The highest BCUT2D eigenvalue weighted by molar-refractivity contribution is 5.71. The summed E-state index contributed by atoms with van der Waals surface area (Å²) in [5.74, 6) is 1.87. The molecule has 3 atom stereocenters. The van der Waals surface area contributed by atoms with Gasteiger partial charge in [0.1, 0.15) is 19.0 Å². The Bertz CT molecular complexity index is 1250. The molecule has 10 heteroatoms. The van der Waals surface area contributed by atoms with E-state index in [-0.39, 0.29) is 16.8 Å². The number of phenols is 1. The van der Waals surface area contributed by atoms with Crippen molar-refractivity contribution in [3.05, 3.63) is 30.6 Å². The fourth-order valence-corrected chi connectivity index (χ4v) is 5.69. The number of nitrogens with zero attached hydrogens (tertiary/aromatic N) is 6. The van der Waals surface area contributed by atoms with Crippen molar-refractivity contribution in [1.82, 2.24) is 30.5 Å². The molecule has 3 aliphatic heterocycles. The average molecular weight is 476 g/mol. The van der Waals surface area contributed by atoms with Crippen LogP contribution in [-0.4, -0.2) is 67.6 Å².